The number of methoxy groups -OCH3 is 1. The van der Waals surface area contributed by atoms with Crippen LogP contribution in [-0.2, 0) is 38.1 Å². The summed E-state index contributed by atoms with van der Waals surface area (Å²) in [6, 6.07) is 0. The Hall–Kier alpha value is -1.81. The first-order valence-electron chi connectivity index (χ1n) is 10.9. The summed E-state index contributed by atoms with van der Waals surface area (Å²) in [5.74, 6) is -3.80. The van der Waals surface area contributed by atoms with Gasteiger partial charge in [0, 0.05) is 7.11 Å². The second kappa shape index (κ2) is 10.6. The molecule has 1 aliphatic heterocycles. The van der Waals surface area contributed by atoms with Crippen molar-refractivity contribution in [3.05, 3.63) is 0 Å². The first-order chi connectivity index (χ1) is 14.8. The van der Waals surface area contributed by atoms with Gasteiger partial charge in [-0.3, -0.25) is 14.4 Å². The highest BCUT2D eigenvalue weighted by molar-refractivity contribution is 5.77. The summed E-state index contributed by atoms with van der Waals surface area (Å²) >= 11 is 0. The summed E-state index contributed by atoms with van der Waals surface area (Å²) in [7, 11) is 1.17. The van der Waals surface area contributed by atoms with Gasteiger partial charge in [-0.1, -0.05) is 0 Å². The minimum absolute atomic E-state index is 0.419. The van der Waals surface area contributed by atoms with Gasteiger partial charge in [0.25, 0.3) is 0 Å². The van der Waals surface area contributed by atoms with E-state index in [4.69, 9.17) is 23.7 Å². The summed E-state index contributed by atoms with van der Waals surface area (Å²) < 4.78 is 55.4. The van der Waals surface area contributed by atoms with E-state index in [9.17, 15) is 23.2 Å². The number of hydrogen-bond donors (Lipinski definition) is 0. The number of rotatable bonds is 6. The number of alkyl halides is 2. The monoisotopic (exact) mass is 480 g/mol. The van der Waals surface area contributed by atoms with Crippen molar-refractivity contribution in [1.82, 2.24) is 0 Å². The predicted molar refractivity (Wildman–Crippen MR) is 114 cm³/mol. The van der Waals surface area contributed by atoms with Crippen LogP contribution in [0.5, 0.6) is 0 Å². The van der Waals surface area contributed by atoms with Gasteiger partial charge in [-0.15, -0.1) is 0 Å². The van der Waals surface area contributed by atoms with E-state index in [0.717, 1.165) is 0 Å². The molecule has 0 aromatic rings. The van der Waals surface area contributed by atoms with E-state index >= 15 is 0 Å². The summed E-state index contributed by atoms with van der Waals surface area (Å²) in [6.07, 6.45) is -8.78. The fraction of sp³-hybridized carbons (Fsp3) is 0.870. The Labute approximate surface area is 194 Å². The highest BCUT2D eigenvalue weighted by Crippen LogP contribution is 2.37. The predicted octanol–water partition coefficient (Wildman–Crippen LogP) is 3.74. The van der Waals surface area contributed by atoms with Crippen LogP contribution in [0.2, 0.25) is 0 Å². The summed E-state index contributed by atoms with van der Waals surface area (Å²) in [5, 5.41) is 0. The lowest BCUT2D eigenvalue weighted by atomic mass is 9.89. The third-order valence-electron chi connectivity index (χ3n) is 4.92. The van der Waals surface area contributed by atoms with Gasteiger partial charge in [-0.2, -0.15) is 0 Å². The van der Waals surface area contributed by atoms with Crippen molar-refractivity contribution in [2.75, 3.05) is 13.7 Å². The minimum Gasteiger partial charge on any atom is -0.462 e. The largest absolute Gasteiger partial charge is 0.462 e. The van der Waals surface area contributed by atoms with Crippen molar-refractivity contribution in [3.63, 3.8) is 0 Å². The number of halogens is 2. The fourth-order valence-corrected chi connectivity index (χ4v) is 2.80. The number of carbonyl (C=O) groups excluding carboxylic acids is 3. The number of ether oxygens (including phenoxy) is 5. The van der Waals surface area contributed by atoms with Gasteiger partial charge in [0.15, 0.2) is 18.5 Å². The maximum Gasteiger partial charge on any atom is 0.311 e. The highest BCUT2D eigenvalue weighted by atomic mass is 19.3. The fourth-order valence-electron chi connectivity index (χ4n) is 2.80. The molecule has 0 unspecified atom stereocenters. The Morgan fingerprint density at radius 1 is 0.788 bits per heavy atom. The molecule has 0 saturated carbocycles. The molecule has 0 N–H and O–H groups in total. The molecule has 0 spiro atoms. The molecule has 0 aromatic carbocycles. The lowest BCUT2D eigenvalue weighted by Gasteiger charge is -2.45. The molecule has 1 rings (SSSR count). The van der Waals surface area contributed by atoms with E-state index in [-0.39, 0.29) is 0 Å². The van der Waals surface area contributed by atoms with Crippen LogP contribution < -0.4 is 0 Å². The second-order valence-corrected chi connectivity index (χ2v) is 11.3. The van der Waals surface area contributed by atoms with Crippen molar-refractivity contribution in [1.29, 1.82) is 0 Å². The van der Waals surface area contributed by atoms with Crippen molar-refractivity contribution in [2.45, 2.75) is 93.3 Å². The average Bonchev–Trinajstić information content (AvgIpc) is 2.64. The molecule has 1 fully saturated rings. The molecule has 0 bridgehead atoms. The zero-order valence-corrected chi connectivity index (χ0v) is 21.2. The molecule has 0 radical (unpaired) electrons. The Balaban J connectivity index is 3.43. The van der Waals surface area contributed by atoms with Crippen LogP contribution in [0.1, 0.15) is 62.3 Å². The molecule has 8 nitrogen and oxygen atoms in total. The molecule has 192 valence electrons. The molecule has 0 aliphatic carbocycles. The van der Waals surface area contributed by atoms with E-state index in [0.29, 0.717) is 0 Å². The average molecular weight is 481 g/mol. The molecular formula is C23H38F2O8. The highest BCUT2D eigenvalue weighted by Gasteiger charge is 2.55. The molecule has 5 atom stereocenters. The molecule has 1 heterocycles. The van der Waals surface area contributed by atoms with E-state index in [1.165, 1.54) is 7.11 Å². The van der Waals surface area contributed by atoms with Gasteiger partial charge in [0.1, 0.15) is 18.6 Å². The van der Waals surface area contributed by atoms with E-state index in [1.54, 1.807) is 62.3 Å². The van der Waals surface area contributed by atoms with Crippen LogP contribution >= 0.6 is 0 Å². The molecule has 0 amide bonds. The zero-order valence-electron chi connectivity index (χ0n) is 21.2. The summed E-state index contributed by atoms with van der Waals surface area (Å²) in [5.41, 5.74) is -2.83. The first kappa shape index (κ1) is 29.2. The minimum atomic E-state index is -3.03. The van der Waals surface area contributed by atoms with Crippen LogP contribution in [0, 0.1) is 22.2 Å². The molecular weight excluding hydrogens is 442 g/mol. The zero-order chi connectivity index (χ0) is 25.9. The van der Waals surface area contributed by atoms with Gasteiger partial charge >= 0.3 is 17.9 Å². The lowest BCUT2D eigenvalue weighted by Crippen LogP contribution is -2.61. The Morgan fingerprint density at radius 2 is 1.21 bits per heavy atom. The molecule has 1 saturated heterocycles. The first-order valence-corrected chi connectivity index (χ1v) is 10.9. The normalized spacial score (nSPS) is 26.6. The van der Waals surface area contributed by atoms with E-state index < -0.39 is 77.7 Å². The number of hydrogen-bond acceptors (Lipinski definition) is 8. The Morgan fingerprint density at radius 3 is 1.58 bits per heavy atom. The molecule has 33 heavy (non-hydrogen) atoms. The van der Waals surface area contributed by atoms with E-state index in [1.807, 2.05) is 0 Å². The third kappa shape index (κ3) is 7.88. The number of esters is 3. The third-order valence-corrected chi connectivity index (χ3v) is 4.92. The molecule has 1 aliphatic rings. The van der Waals surface area contributed by atoms with Gasteiger partial charge in [-0.05, 0) is 62.3 Å². The maximum atomic E-state index is 14.1. The van der Waals surface area contributed by atoms with E-state index in [2.05, 4.69) is 0 Å². The van der Waals surface area contributed by atoms with Crippen LogP contribution in [0.25, 0.3) is 0 Å². The van der Waals surface area contributed by atoms with Crippen molar-refractivity contribution >= 4 is 17.9 Å². The quantitative estimate of drug-likeness (QED) is 0.419. The second-order valence-electron chi connectivity index (χ2n) is 11.3. The Bertz CT molecular complexity index is 703. The van der Waals surface area contributed by atoms with Gasteiger partial charge in [-0.25, -0.2) is 8.78 Å². The van der Waals surface area contributed by atoms with Crippen molar-refractivity contribution in [3.8, 4) is 0 Å². The Kier molecular flexibility index (Phi) is 9.41. The summed E-state index contributed by atoms with van der Waals surface area (Å²) in [6.45, 7) is 14.0. The topological polar surface area (TPSA) is 97.4 Å². The van der Waals surface area contributed by atoms with Crippen molar-refractivity contribution in [2.24, 2.45) is 22.2 Å². The lowest BCUT2D eigenvalue weighted by molar-refractivity contribution is -0.304. The number of carbonyl (C=O) groups is 3. The maximum absolute atomic E-state index is 14.1. The van der Waals surface area contributed by atoms with Gasteiger partial charge < -0.3 is 23.7 Å². The van der Waals surface area contributed by atoms with Crippen LogP contribution in [0.15, 0.2) is 0 Å². The SMILES string of the molecule is CO[C@@H]1O[C@H](COC(=O)C(C)(C)C)[C@H](OC(=O)C(C)(C)C)[C@H](OC(=O)C(C)(C)C)[C@H]1C(F)F. The van der Waals surface area contributed by atoms with Gasteiger partial charge in [0.2, 0.25) is 6.43 Å². The van der Waals surface area contributed by atoms with Crippen LogP contribution in [-0.4, -0.2) is 62.7 Å². The van der Waals surface area contributed by atoms with Crippen molar-refractivity contribution < 1.29 is 46.8 Å². The standard InChI is InChI=1S/C23H38F2O8/c1-21(2,3)18(26)30-11-12-14(32-19(27)22(4,5)6)15(33-20(28)23(7,8)9)13(16(24)25)17(29-10)31-12/h12-17H,11H2,1-10H3/t12-,13+,14+,15-,17-/m1/s1. The van der Waals surface area contributed by atoms with Gasteiger partial charge in [0.05, 0.1) is 16.2 Å². The molecule has 10 heteroatoms. The van der Waals surface area contributed by atoms with Crippen LogP contribution in [0.4, 0.5) is 8.78 Å². The smallest absolute Gasteiger partial charge is 0.311 e. The van der Waals surface area contributed by atoms with Crippen LogP contribution in [0.3, 0.4) is 0 Å². The summed E-state index contributed by atoms with van der Waals surface area (Å²) in [4.78, 5) is 37.6. The molecule has 0 aromatic heterocycles.